The summed E-state index contributed by atoms with van der Waals surface area (Å²) in [5.41, 5.74) is 6.87. The van der Waals surface area contributed by atoms with Crippen molar-refractivity contribution in [2.24, 2.45) is 5.73 Å². The number of amides is 3. The Morgan fingerprint density at radius 2 is 1.10 bits per heavy atom. The molecular weight excluding hydrogens is 544 g/mol. The highest BCUT2D eigenvalue weighted by Gasteiger charge is 2.30. The number of aliphatic carboxylic acids is 2. The molecule has 2 aromatic carbocycles. The first-order chi connectivity index (χ1) is 18.9. The molecule has 4 atom stereocenters. The fraction of sp³-hybridized carbons (Fsp3) is 0.346. The van der Waals surface area contributed by atoms with Crippen molar-refractivity contribution < 1.29 is 44.4 Å². The minimum atomic E-state index is -1.34. The molecular formula is C26H32N4O9S. The van der Waals surface area contributed by atoms with E-state index < -0.39 is 53.8 Å². The highest BCUT2D eigenvalue weighted by Crippen LogP contribution is 2.14. The van der Waals surface area contributed by atoms with Gasteiger partial charge in [0.05, 0.1) is 6.04 Å². The smallest absolute Gasteiger partial charge is 0.327 e. The number of carbonyl (C=O) groups is 5. The number of phenols is 2. The Bertz CT molecular complexity index is 1190. The van der Waals surface area contributed by atoms with Crippen LogP contribution >= 0.6 is 12.6 Å². The quantitative estimate of drug-likeness (QED) is 0.124. The zero-order valence-corrected chi connectivity index (χ0v) is 22.2. The molecule has 0 bridgehead atoms. The normalized spacial score (nSPS) is 13.8. The SMILES string of the molecule is NC(CCC(=O)O)C(=O)NC(Cc1ccc(O)cc1)C(=O)NC(Cc1ccc(O)cc1)C(=O)NC(CS)C(=O)O. The lowest BCUT2D eigenvalue weighted by Gasteiger charge is -2.25. The molecule has 0 spiro atoms. The monoisotopic (exact) mass is 576 g/mol. The van der Waals surface area contributed by atoms with Crippen molar-refractivity contribution in [1.29, 1.82) is 0 Å². The highest BCUT2D eigenvalue weighted by molar-refractivity contribution is 7.80. The standard InChI is InChI=1S/C26H32N4O9S/c27-18(9-10-22(33)34)23(35)28-19(11-14-1-5-16(31)6-2-14)24(36)29-20(12-15-3-7-17(32)8-4-15)25(37)30-21(13-40)26(38)39/h1-8,18-21,31-32,40H,9-13,27H2,(H,28,35)(H,29,36)(H,30,37)(H,33,34)(H,38,39). The number of rotatable bonds is 15. The molecule has 0 aliphatic heterocycles. The topological polar surface area (TPSA) is 228 Å². The van der Waals surface area contributed by atoms with Gasteiger partial charge < -0.3 is 42.1 Å². The number of thiol groups is 1. The first-order valence-electron chi connectivity index (χ1n) is 12.2. The van der Waals surface area contributed by atoms with E-state index in [-0.39, 0.29) is 42.9 Å². The average Bonchev–Trinajstić information content (AvgIpc) is 2.91. The maximum absolute atomic E-state index is 13.4. The van der Waals surface area contributed by atoms with E-state index in [0.29, 0.717) is 11.1 Å². The zero-order chi connectivity index (χ0) is 29.8. The molecule has 0 heterocycles. The van der Waals surface area contributed by atoms with Crippen LogP contribution in [0.1, 0.15) is 24.0 Å². The van der Waals surface area contributed by atoms with E-state index in [9.17, 15) is 39.3 Å². The van der Waals surface area contributed by atoms with Crippen LogP contribution in [0.3, 0.4) is 0 Å². The van der Waals surface area contributed by atoms with E-state index in [1.165, 1.54) is 48.5 Å². The van der Waals surface area contributed by atoms with Gasteiger partial charge in [-0.25, -0.2) is 4.79 Å². The summed E-state index contributed by atoms with van der Waals surface area (Å²) in [6, 6.07) is 6.49. The fourth-order valence-corrected chi connectivity index (χ4v) is 3.82. The molecule has 0 radical (unpaired) electrons. The van der Waals surface area contributed by atoms with Crippen LogP contribution in [0.5, 0.6) is 11.5 Å². The third-order valence-corrected chi connectivity index (χ3v) is 6.19. The van der Waals surface area contributed by atoms with Gasteiger partial charge in [-0.1, -0.05) is 24.3 Å². The summed E-state index contributed by atoms with van der Waals surface area (Å²) < 4.78 is 0. The minimum Gasteiger partial charge on any atom is -0.508 e. The number of nitrogens with one attached hydrogen (secondary N) is 3. The van der Waals surface area contributed by atoms with Crippen LogP contribution in [-0.2, 0) is 36.8 Å². The summed E-state index contributed by atoms with van der Waals surface area (Å²) >= 11 is 3.94. The van der Waals surface area contributed by atoms with E-state index in [4.69, 9.17) is 10.8 Å². The maximum Gasteiger partial charge on any atom is 0.327 e. The lowest BCUT2D eigenvalue weighted by atomic mass is 10.0. The van der Waals surface area contributed by atoms with Crippen LogP contribution in [0.4, 0.5) is 0 Å². The van der Waals surface area contributed by atoms with Crippen molar-refractivity contribution >= 4 is 42.3 Å². The Morgan fingerprint density at radius 3 is 1.48 bits per heavy atom. The Morgan fingerprint density at radius 1 is 0.700 bits per heavy atom. The van der Waals surface area contributed by atoms with Gasteiger partial charge in [0, 0.05) is 25.0 Å². The average molecular weight is 577 g/mol. The van der Waals surface area contributed by atoms with Gasteiger partial charge in [-0.15, -0.1) is 0 Å². The van der Waals surface area contributed by atoms with E-state index in [1.807, 2.05) is 0 Å². The van der Waals surface area contributed by atoms with Crippen LogP contribution < -0.4 is 21.7 Å². The predicted molar refractivity (Wildman–Crippen MR) is 146 cm³/mol. The van der Waals surface area contributed by atoms with E-state index >= 15 is 0 Å². The van der Waals surface area contributed by atoms with E-state index in [2.05, 4.69) is 28.6 Å². The second-order valence-corrected chi connectivity index (χ2v) is 9.35. The zero-order valence-electron chi connectivity index (χ0n) is 21.3. The highest BCUT2D eigenvalue weighted by atomic mass is 32.1. The summed E-state index contributed by atoms with van der Waals surface area (Å²) in [4.78, 5) is 61.5. The number of aromatic hydroxyl groups is 2. The molecule has 0 saturated heterocycles. The van der Waals surface area contributed by atoms with Crippen LogP contribution in [0.25, 0.3) is 0 Å². The lowest BCUT2D eigenvalue weighted by Crippen LogP contribution is -2.58. The number of carboxylic acid groups (broad SMARTS) is 2. The molecule has 0 fully saturated rings. The molecule has 2 rings (SSSR count). The number of hydrogen-bond acceptors (Lipinski definition) is 9. The van der Waals surface area contributed by atoms with Gasteiger partial charge in [0.25, 0.3) is 0 Å². The molecule has 0 aromatic heterocycles. The van der Waals surface area contributed by atoms with Crippen LogP contribution in [0.15, 0.2) is 48.5 Å². The van der Waals surface area contributed by atoms with Crippen LogP contribution in [0, 0.1) is 0 Å². The largest absolute Gasteiger partial charge is 0.508 e. The summed E-state index contributed by atoms with van der Waals surface area (Å²) in [7, 11) is 0. The molecule has 13 nitrogen and oxygen atoms in total. The Kier molecular flexibility index (Phi) is 12.2. The Hall–Kier alpha value is -4.30. The number of carbonyl (C=O) groups excluding carboxylic acids is 3. The number of carboxylic acids is 2. The Labute approximate surface area is 235 Å². The van der Waals surface area contributed by atoms with Gasteiger partial charge in [-0.05, 0) is 41.8 Å². The number of benzene rings is 2. The second-order valence-electron chi connectivity index (χ2n) is 8.98. The predicted octanol–water partition coefficient (Wildman–Crippen LogP) is -0.456. The number of nitrogens with two attached hydrogens (primary N) is 1. The maximum atomic E-state index is 13.4. The molecule has 0 aliphatic rings. The van der Waals surface area contributed by atoms with Gasteiger partial charge in [-0.2, -0.15) is 12.6 Å². The van der Waals surface area contributed by atoms with Crippen molar-refractivity contribution in [2.45, 2.75) is 49.9 Å². The third-order valence-electron chi connectivity index (χ3n) is 5.82. The molecule has 2 aromatic rings. The molecule has 3 amide bonds. The van der Waals surface area contributed by atoms with Crippen LogP contribution in [-0.4, -0.2) is 80.0 Å². The molecule has 14 heteroatoms. The summed E-state index contributed by atoms with van der Waals surface area (Å²) in [5.74, 6) is -5.15. The molecule has 40 heavy (non-hydrogen) atoms. The van der Waals surface area contributed by atoms with Crippen LogP contribution in [0.2, 0.25) is 0 Å². The summed E-state index contributed by atoms with van der Waals surface area (Å²) in [6.07, 6.45) is -0.713. The van der Waals surface area contributed by atoms with Crippen molar-refractivity contribution in [3.05, 3.63) is 59.7 Å². The fourth-order valence-electron chi connectivity index (χ4n) is 3.57. The molecule has 0 saturated carbocycles. The first kappa shape index (κ1) is 31.9. The molecule has 4 unspecified atom stereocenters. The van der Waals surface area contributed by atoms with Crippen molar-refractivity contribution in [1.82, 2.24) is 16.0 Å². The summed E-state index contributed by atoms with van der Waals surface area (Å²) in [5, 5.41) is 44.7. The van der Waals surface area contributed by atoms with E-state index in [0.717, 1.165) is 0 Å². The minimum absolute atomic E-state index is 0.0210. The molecule has 9 N–H and O–H groups in total. The van der Waals surface area contributed by atoms with Gasteiger partial charge >= 0.3 is 11.9 Å². The third kappa shape index (κ3) is 10.5. The lowest BCUT2D eigenvalue weighted by molar-refractivity contribution is -0.141. The summed E-state index contributed by atoms with van der Waals surface area (Å²) in [6.45, 7) is 0. The van der Waals surface area contributed by atoms with Gasteiger partial charge in [0.1, 0.15) is 29.6 Å². The van der Waals surface area contributed by atoms with Crippen molar-refractivity contribution in [2.75, 3.05) is 5.75 Å². The second kappa shape index (κ2) is 15.3. The first-order valence-corrected chi connectivity index (χ1v) is 12.8. The van der Waals surface area contributed by atoms with Crippen molar-refractivity contribution in [3.8, 4) is 11.5 Å². The van der Waals surface area contributed by atoms with Crippen molar-refractivity contribution in [3.63, 3.8) is 0 Å². The Balaban J connectivity index is 2.31. The van der Waals surface area contributed by atoms with Gasteiger partial charge in [0.2, 0.25) is 17.7 Å². The van der Waals surface area contributed by atoms with Gasteiger partial charge in [-0.3, -0.25) is 19.2 Å². The van der Waals surface area contributed by atoms with E-state index in [1.54, 1.807) is 0 Å². The number of hydrogen-bond donors (Lipinski definition) is 9. The molecule has 0 aliphatic carbocycles. The number of phenolic OH excluding ortho intramolecular Hbond substituents is 2. The molecule has 216 valence electrons. The van der Waals surface area contributed by atoms with Gasteiger partial charge in [0.15, 0.2) is 0 Å².